The molecule has 0 saturated heterocycles. The third-order valence-corrected chi connectivity index (χ3v) is 2.80. The van der Waals surface area contributed by atoms with Crippen LogP contribution in [-0.2, 0) is 4.79 Å². The molecule has 1 amide bonds. The van der Waals surface area contributed by atoms with Gasteiger partial charge in [0.25, 0.3) is 0 Å². The van der Waals surface area contributed by atoms with Crippen molar-refractivity contribution in [2.24, 2.45) is 5.92 Å². The number of hydrogen-bond acceptors (Lipinski definition) is 5. The molecule has 1 aromatic heterocycles. The molecule has 0 atom stereocenters. The Morgan fingerprint density at radius 1 is 1.39 bits per heavy atom. The Morgan fingerprint density at radius 2 is 2.11 bits per heavy atom. The molecule has 0 aliphatic heterocycles. The molecule has 6 heteroatoms. The Kier molecular flexibility index (Phi) is 3.96. The zero-order valence-corrected chi connectivity index (χ0v) is 10.8. The highest BCUT2D eigenvalue weighted by Gasteiger charge is 2.21. The van der Waals surface area contributed by atoms with E-state index in [1.54, 1.807) is 12.4 Å². The number of nitrogens with one attached hydrogen (secondary N) is 2. The van der Waals surface area contributed by atoms with Crippen LogP contribution >= 0.6 is 0 Å². The largest absolute Gasteiger partial charge is 0.360 e. The molecule has 0 bridgehead atoms. The maximum atomic E-state index is 11.6. The summed E-state index contributed by atoms with van der Waals surface area (Å²) in [7, 11) is 3.78. The van der Waals surface area contributed by atoms with Gasteiger partial charge in [0, 0.05) is 33.0 Å². The minimum atomic E-state index is -0.00254. The maximum Gasteiger partial charge on any atom is 0.239 e. The fourth-order valence-electron chi connectivity index (χ4n) is 1.59. The molecular weight excluding hydrogens is 230 g/mol. The zero-order chi connectivity index (χ0) is 13.0. The first kappa shape index (κ1) is 12.6. The standard InChI is InChI=1S/C12H19N5O/c1-17(2)12-11(13-5-6-14-12)16-8-10(18)15-7-9-3-4-9/h5-6,9H,3-4,7-8H2,1-2H3,(H,13,16)(H,15,18). The molecule has 1 fully saturated rings. The van der Waals surface area contributed by atoms with E-state index in [1.807, 2.05) is 19.0 Å². The van der Waals surface area contributed by atoms with E-state index in [9.17, 15) is 4.79 Å². The fourth-order valence-corrected chi connectivity index (χ4v) is 1.59. The molecule has 2 N–H and O–H groups in total. The Labute approximate surface area is 107 Å². The van der Waals surface area contributed by atoms with Crippen molar-refractivity contribution in [3.05, 3.63) is 12.4 Å². The predicted octanol–water partition coefficient (Wildman–Crippen LogP) is 0.481. The van der Waals surface area contributed by atoms with Crippen LogP contribution in [0.15, 0.2) is 12.4 Å². The van der Waals surface area contributed by atoms with Crippen LogP contribution in [0.2, 0.25) is 0 Å². The Hall–Kier alpha value is -1.85. The molecule has 0 aromatic carbocycles. The summed E-state index contributed by atoms with van der Waals surface area (Å²) in [5.74, 6) is 2.05. The number of hydrogen-bond donors (Lipinski definition) is 2. The van der Waals surface area contributed by atoms with E-state index in [2.05, 4.69) is 20.6 Å². The summed E-state index contributed by atoms with van der Waals surface area (Å²) >= 11 is 0. The molecule has 0 unspecified atom stereocenters. The molecule has 18 heavy (non-hydrogen) atoms. The normalized spacial score (nSPS) is 14.1. The summed E-state index contributed by atoms with van der Waals surface area (Å²) in [6.45, 7) is 1.02. The summed E-state index contributed by atoms with van der Waals surface area (Å²) in [5.41, 5.74) is 0. The van der Waals surface area contributed by atoms with Crippen molar-refractivity contribution in [3.63, 3.8) is 0 Å². The third-order valence-electron chi connectivity index (χ3n) is 2.80. The first-order chi connectivity index (χ1) is 8.66. The van der Waals surface area contributed by atoms with E-state index in [0.29, 0.717) is 11.7 Å². The summed E-state index contributed by atoms with van der Waals surface area (Å²) in [6.07, 6.45) is 5.72. The van der Waals surface area contributed by atoms with Crippen LogP contribution in [0.5, 0.6) is 0 Å². The van der Waals surface area contributed by atoms with Crippen LogP contribution in [-0.4, -0.2) is 43.1 Å². The van der Waals surface area contributed by atoms with Crippen LogP contribution in [0.1, 0.15) is 12.8 Å². The van der Waals surface area contributed by atoms with Gasteiger partial charge in [-0.25, -0.2) is 9.97 Å². The summed E-state index contributed by atoms with van der Waals surface area (Å²) < 4.78 is 0. The second kappa shape index (κ2) is 5.66. The quantitative estimate of drug-likeness (QED) is 0.767. The van der Waals surface area contributed by atoms with E-state index in [0.717, 1.165) is 12.4 Å². The molecule has 0 radical (unpaired) electrons. The summed E-state index contributed by atoms with van der Waals surface area (Å²) in [5, 5.41) is 5.91. The molecule has 1 aromatic rings. The summed E-state index contributed by atoms with van der Waals surface area (Å²) in [6, 6.07) is 0. The number of amides is 1. The first-order valence-electron chi connectivity index (χ1n) is 6.15. The number of carbonyl (C=O) groups is 1. The Bertz CT molecular complexity index is 417. The Morgan fingerprint density at radius 3 is 2.78 bits per heavy atom. The number of nitrogens with zero attached hydrogens (tertiary/aromatic N) is 3. The van der Waals surface area contributed by atoms with Gasteiger partial charge in [0.2, 0.25) is 5.91 Å². The molecule has 2 rings (SSSR count). The molecule has 0 spiro atoms. The van der Waals surface area contributed by atoms with E-state index >= 15 is 0 Å². The topological polar surface area (TPSA) is 70.2 Å². The van der Waals surface area contributed by atoms with Gasteiger partial charge in [0.15, 0.2) is 11.6 Å². The fraction of sp³-hybridized carbons (Fsp3) is 0.583. The van der Waals surface area contributed by atoms with Crippen LogP contribution in [0, 0.1) is 5.92 Å². The molecule has 1 saturated carbocycles. The highest BCUT2D eigenvalue weighted by atomic mass is 16.1. The number of rotatable bonds is 6. The van der Waals surface area contributed by atoms with Crippen molar-refractivity contribution in [2.75, 3.05) is 37.4 Å². The van der Waals surface area contributed by atoms with Gasteiger partial charge in [-0.15, -0.1) is 0 Å². The lowest BCUT2D eigenvalue weighted by Crippen LogP contribution is -2.32. The van der Waals surface area contributed by atoms with Gasteiger partial charge in [-0.05, 0) is 18.8 Å². The van der Waals surface area contributed by atoms with Crippen molar-refractivity contribution in [2.45, 2.75) is 12.8 Å². The zero-order valence-electron chi connectivity index (χ0n) is 10.8. The van der Waals surface area contributed by atoms with Crippen molar-refractivity contribution < 1.29 is 4.79 Å². The monoisotopic (exact) mass is 249 g/mol. The van der Waals surface area contributed by atoms with Gasteiger partial charge in [0.1, 0.15) is 0 Å². The SMILES string of the molecule is CN(C)c1nccnc1NCC(=O)NCC1CC1. The first-order valence-corrected chi connectivity index (χ1v) is 6.15. The second-order valence-corrected chi connectivity index (χ2v) is 4.72. The van der Waals surface area contributed by atoms with Crippen molar-refractivity contribution in [1.82, 2.24) is 15.3 Å². The predicted molar refractivity (Wildman–Crippen MR) is 70.6 cm³/mol. The average molecular weight is 249 g/mol. The third kappa shape index (κ3) is 3.58. The lowest BCUT2D eigenvalue weighted by Gasteiger charge is -2.15. The van der Waals surface area contributed by atoms with E-state index < -0.39 is 0 Å². The van der Waals surface area contributed by atoms with Crippen LogP contribution in [0.4, 0.5) is 11.6 Å². The lowest BCUT2D eigenvalue weighted by atomic mass is 10.4. The molecule has 1 heterocycles. The highest BCUT2D eigenvalue weighted by molar-refractivity contribution is 5.81. The highest BCUT2D eigenvalue weighted by Crippen LogP contribution is 2.27. The van der Waals surface area contributed by atoms with Gasteiger partial charge in [-0.3, -0.25) is 4.79 Å². The van der Waals surface area contributed by atoms with Gasteiger partial charge in [0.05, 0.1) is 6.54 Å². The van der Waals surface area contributed by atoms with E-state index in [-0.39, 0.29) is 12.5 Å². The van der Waals surface area contributed by atoms with Crippen LogP contribution < -0.4 is 15.5 Å². The molecule has 98 valence electrons. The van der Waals surface area contributed by atoms with Crippen LogP contribution in [0.3, 0.4) is 0 Å². The molecule has 1 aliphatic carbocycles. The summed E-state index contributed by atoms with van der Waals surface area (Å²) in [4.78, 5) is 21.8. The van der Waals surface area contributed by atoms with Crippen molar-refractivity contribution in [1.29, 1.82) is 0 Å². The van der Waals surface area contributed by atoms with Crippen LogP contribution in [0.25, 0.3) is 0 Å². The number of aromatic nitrogens is 2. The second-order valence-electron chi connectivity index (χ2n) is 4.72. The maximum absolute atomic E-state index is 11.6. The molecule has 1 aliphatic rings. The number of anilines is 2. The Balaban J connectivity index is 1.82. The molecular formula is C12H19N5O. The minimum absolute atomic E-state index is 0.00254. The van der Waals surface area contributed by atoms with Gasteiger partial charge < -0.3 is 15.5 Å². The average Bonchev–Trinajstić information content (AvgIpc) is 3.18. The van der Waals surface area contributed by atoms with Gasteiger partial charge in [-0.2, -0.15) is 0 Å². The smallest absolute Gasteiger partial charge is 0.239 e. The van der Waals surface area contributed by atoms with E-state index in [4.69, 9.17) is 0 Å². The number of carbonyl (C=O) groups excluding carboxylic acids is 1. The van der Waals surface area contributed by atoms with Gasteiger partial charge in [-0.1, -0.05) is 0 Å². The lowest BCUT2D eigenvalue weighted by molar-refractivity contribution is -0.119. The minimum Gasteiger partial charge on any atom is -0.360 e. The van der Waals surface area contributed by atoms with Crippen molar-refractivity contribution >= 4 is 17.5 Å². The van der Waals surface area contributed by atoms with Gasteiger partial charge >= 0.3 is 0 Å². The van der Waals surface area contributed by atoms with E-state index in [1.165, 1.54) is 12.8 Å². The van der Waals surface area contributed by atoms with Crippen molar-refractivity contribution in [3.8, 4) is 0 Å². The molecule has 6 nitrogen and oxygen atoms in total.